The Morgan fingerprint density at radius 1 is 1.45 bits per heavy atom. The molecule has 0 bridgehead atoms. The van der Waals surface area contributed by atoms with Crippen molar-refractivity contribution >= 4 is 5.97 Å². The molecule has 1 atom stereocenters. The van der Waals surface area contributed by atoms with Crippen molar-refractivity contribution in [1.29, 1.82) is 0 Å². The van der Waals surface area contributed by atoms with Crippen LogP contribution in [0.15, 0.2) is 18.2 Å². The van der Waals surface area contributed by atoms with E-state index < -0.39 is 6.10 Å². The van der Waals surface area contributed by atoms with Crippen molar-refractivity contribution in [1.82, 2.24) is 5.32 Å². The number of carbonyl (C=O) groups is 1. The molecule has 4 nitrogen and oxygen atoms in total. The van der Waals surface area contributed by atoms with Gasteiger partial charge in [0.25, 0.3) is 0 Å². The van der Waals surface area contributed by atoms with E-state index in [1.807, 2.05) is 25.1 Å². The van der Waals surface area contributed by atoms with Crippen LogP contribution >= 0.6 is 0 Å². The highest BCUT2D eigenvalue weighted by Gasteiger charge is 2.22. The van der Waals surface area contributed by atoms with Crippen LogP contribution in [0.4, 0.5) is 0 Å². The second kappa shape index (κ2) is 6.75. The number of hydrogen-bond donors (Lipinski definition) is 1. The molecule has 2 rings (SSSR count). The minimum Gasteiger partial charge on any atom is -0.478 e. The molecule has 1 aliphatic rings. The summed E-state index contributed by atoms with van der Waals surface area (Å²) in [6.07, 6.45) is 1.92. The zero-order chi connectivity index (χ0) is 14.5. The molecule has 1 unspecified atom stereocenters. The Hall–Kier alpha value is -1.55. The molecular weight excluding hydrogens is 254 g/mol. The minimum absolute atomic E-state index is 0.322. The van der Waals surface area contributed by atoms with Gasteiger partial charge >= 0.3 is 5.97 Å². The fourth-order valence-corrected chi connectivity index (χ4v) is 2.05. The van der Waals surface area contributed by atoms with Gasteiger partial charge < -0.3 is 14.8 Å². The van der Waals surface area contributed by atoms with E-state index in [4.69, 9.17) is 9.47 Å². The number of carbonyl (C=O) groups excluding carboxylic acids is 1. The minimum atomic E-state index is -0.587. The number of ether oxygens (including phenoxy) is 2. The van der Waals surface area contributed by atoms with E-state index in [9.17, 15) is 4.79 Å². The van der Waals surface area contributed by atoms with Gasteiger partial charge in [-0.3, -0.25) is 0 Å². The van der Waals surface area contributed by atoms with Gasteiger partial charge in [0, 0.05) is 18.2 Å². The first-order chi connectivity index (χ1) is 9.61. The number of rotatable bonds is 7. The molecule has 1 aliphatic carbocycles. The lowest BCUT2D eigenvalue weighted by molar-refractivity contribution is -0.150. The highest BCUT2D eigenvalue weighted by atomic mass is 16.6. The summed E-state index contributed by atoms with van der Waals surface area (Å²) in [5.41, 5.74) is 2.13. The standard InChI is InChI=1S/C16H23NO3/c1-4-19-16(18)12(3)20-15-11(2)6-5-7-13(15)10-17-14-8-9-14/h5-7,12,14,17H,4,8-10H2,1-3H3. The fraction of sp³-hybridized carbons (Fsp3) is 0.562. The van der Waals surface area contributed by atoms with E-state index in [2.05, 4.69) is 5.32 Å². The Bertz CT molecular complexity index is 469. The van der Waals surface area contributed by atoms with Gasteiger partial charge in [-0.05, 0) is 39.2 Å². The number of nitrogens with one attached hydrogen (secondary N) is 1. The summed E-state index contributed by atoms with van der Waals surface area (Å²) in [6, 6.07) is 6.69. The Morgan fingerprint density at radius 3 is 2.85 bits per heavy atom. The first kappa shape index (κ1) is 14.9. The number of esters is 1. The van der Waals surface area contributed by atoms with Crippen LogP contribution < -0.4 is 10.1 Å². The maximum atomic E-state index is 11.7. The van der Waals surface area contributed by atoms with Gasteiger partial charge in [-0.25, -0.2) is 4.79 Å². The number of aryl methyl sites for hydroxylation is 1. The summed E-state index contributed by atoms with van der Waals surface area (Å²) in [5, 5.41) is 3.47. The molecule has 1 fully saturated rings. The molecule has 0 heterocycles. The zero-order valence-corrected chi connectivity index (χ0v) is 12.4. The summed E-state index contributed by atoms with van der Waals surface area (Å²) >= 11 is 0. The summed E-state index contributed by atoms with van der Waals surface area (Å²) in [4.78, 5) is 11.7. The Kier molecular flexibility index (Phi) is 5.01. The molecule has 1 aromatic rings. The average Bonchev–Trinajstić information content (AvgIpc) is 3.23. The summed E-state index contributed by atoms with van der Waals surface area (Å²) in [5.74, 6) is 0.470. The second-order valence-corrected chi connectivity index (χ2v) is 5.23. The van der Waals surface area contributed by atoms with Crippen LogP contribution in [0.5, 0.6) is 5.75 Å². The topological polar surface area (TPSA) is 47.6 Å². The van der Waals surface area contributed by atoms with Crippen molar-refractivity contribution in [2.24, 2.45) is 0 Å². The monoisotopic (exact) mass is 277 g/mol. The van der Waals surface area contributed by atoms with E-state index in [0.29, 0.717) is 12.6 Å². The third kappa shape index (κ3) is 3.97. The number of para-hydroxylation sites is 1. The molecule has 4 heteroatoms. The van der Waals surface area contributed by atoms with Crippen molar-refractivity contribution in [3.63, 3.8) is 0 Å². The highest BCUT2D eigenvalue weighted by Crippen LogP contribution is 2.26. The SMILES string of the molecule is CCOC(=O)C(C)Oc1c(C)cccc1CNC1CC1. The van der Waals surface area contributed by atoms with Gasteiger partial charge in [0.2, 0.25) is 0 Å². The summed E-state index contributed by atoms with van der Waals surface area (Å²) in [7, 11) is 0. The van der Waals surface area contributed by atoms with Crippen molar-refractivity contribution in [3.8, 4) is 5.75 Å². The molecule has 20 heavy (non-hydrogen) atoms. The van der Waals surface area contributed by atoms with Crippen LogP contribution in [0.3, 0.4) is 0 Å². The van der Waals surface area contributed by atoms with Gasteiger partial charge in [0.05, 0.1) is 6.61 Å². The van der Waals surface area contributed by atoms with Crippen LogP contribution in [0.2, 0.25) is 0 Å². The maximum Gasteiger partial charge on any atom is 0.347 e. The molecule has 0 amide bonds. The summed E-state index contributed by atoms with van der Waals surface area (Å²) < 4.78 is 10.8. The average molecular weight is 277 g/mol. The van der Waals surface area contributed by atoms with Gasteiger partial charge in [-0.2, -0.15) is 0 Å². The maximum absolute atomic E-state index is 11.7. The van der Waals surface area contributed by atoms with Gasteiger partial charge in [-0.1, -0.05) is 18.2 Å². The first-order valence-electron chi connectivity index (χ1n) is 7.27. The van der Waals surface area contributed by atoms with Crippen molar-refractivity contribution in [2.75, 3.05) is 6.61 Å². The van der Waals surface area contributed by atoms with E-state index >= 15 is 0 Å². The predicted octanol–water partition coefficient (Wildman–Crippen LogP) is 2.58. The smallest absolute Gasteiger partial charge is 0.347 e. The van der Waals surface area contributed by atoms with Crippen LogP contribution in [-0.2, 0) is 16.1 Å². The van der Waals surface area contributed by atoms with Crippen molar-refractivity contribution in [3.05, 3.63) is 29.3 Å². The second-order valence-electron chi connectivity index (χ2n) is 5.23. The van der Waals surface area contributed by atoms with Crippen LogP contribution in [0.1, 0.15) is 37.8 Å². The Morgan fingerprint density at radius 2 is 2.20 bits per heavy atom. The molecule has 110 valence electrons. The van der Waals surface area contributed by atoms with E-state index in [1.54, 1.807) is 13.8 Å². The van der Waals surface area contributed by atoms with Crippen LogP contribution in [0.25, 0.3) is 0 Å². The molecule has 1 aromatic carbocycles. The van der Waals surface area contributed by atoms with Crippen molar-refractivity contribution in [2.45, 2.75) is 52.3 Å². The quantitative estimate of drug-likeness (QED) is 0.778. The van der Waals surface area contributed by atoms with Gasteiger partial charge in [-0.15, -0.1) is 0 Å². The largest absolute Gasteiger partial charge is 0.478 e. The lowest BCUT2D eigenvalue weighted by atomic mass is 10.1. The molecule has 0 aromatic heterocycles. The zero-order valence-electron chi connectivity index (χ0n) is 12.4. The van der Waals surface area contributed by atoms with E-state index in [1.165, 1.54) is 12.8 Å². The molecule has 1 saturated carbocycles. The van der Waals surface area contributed by atoms with Crippen LogP contribution in [-0.4, -0.2) is 24.7 Å². The highest BCUT2D eigenvalue weighted by molar-refractivity contribution is 5.74. The van der Waals surface area contributed by atoms with E-state index in [0.717, 1.165) is 23.4 Å². The molecule has 0 aliphatic heterocycles. The Balaban J connectivity index is 2.05. The molecule has 0 saturated heterocycles. The lowest BCUT2D eigenvalue weighted by Gasteiger charge is -2.18. The van der Waals surface area contributed by atoms with Crippen LogP contribution in [0, 0.1) is 6.92 Å². The van der Waals surface area contributed by atoms with Gasteiger partial charge in [0.1, 0.15) is 5.75 Å². The third-order valence-electron chi connectivity index (χ3n) is 3.37. The normalized spacial score (nSPS) is 15.8. The van der Waals surface area contributed by atoms with Gasteiger partial charge in [0.15, 0.2) is 6.10 Å². The Labute approximate surface area is 120 Å². The fourth-order valence-electron chi connectivity index (χ4n) is 2.05. The van der Waals surface area contributed by atoms with Crippen molar-refractivity contribution < 1.29 is 14.3 Å². The third-order valence-corrected chi connectivity index (χ3v) is 3.37. The molecule has 1 N–H and O–H groups in total. The van der Waals surface area contributed by atoms with E-state index in [-0.39, 0.29) is 5.97 Å². The molecule has 0 spiro atoms. The first-order valence-corrected chi connectivity index (χ1v) is 7.27. The lowest BCUT2D eigenvalue weighted by Crippen LogP contribution is -2.27. The predicted molar refractivity (Wildman–Crippen MR) is 77.8 cm³/mol. The number of benzene rings is 1. The number of hydrogen-bond acceptors (Lipinski definition) is 4. The summed E-state index contributed by atoms with van der Waals surface area (Å²) in [6.45, 7) is 6.66. The molecular formula is C16H23NO3. The molecule has 0 radical (unpaired) electrons.